The predicted octanol–water partition coefficient (Wildman–Crippen LogP) is 26.9. The molecule has 0 radical (unpaired) electrons. The minimum absolute atomic E-state index is 0.906. The highest BCUT2D eigenvalue weighted by Crippen LogP contribution is 2.56. The van der Waals surface area contributed by atoms with Crippen LogP contribution in [0.25, 0.3) is 243 Å². The van der Waals surface area contributed by atoms with Crippen LogP contribution in [-0.2, 0) is 51.4 Å². The molecule has 648 valence electrons. The van der Waals surface area contributed by atoms with E-state index in [2.05, 4.69) is 256 Å². The summed E-state index contributed by atoms with van der Waals surface area (Å²) in [7, 11) is 0. The van der Waals surface area contributed by atoms with E-state index in [4.69, 9.17) is 39.9 Å². The molecule has 0 amide bonds. The highest BCUT2D eigenvalue weighted by Gasteiger charge is 2.36. The average Bonchev–Trinajstić information content (AvgIpc) is 1.55. The van der Waals surface area contributed by atoms with Crippen LogP contribution in [-0.4, -0.2) is 77.4 Å². The molecule has 0 atom stereocenters. The van der Waals surface area contributed by atoms with Crippen molar-refractivity contribution >= 4 is 154 Å². The molecule has 12 aromatic carbocycles. The van der Waals surface area contributed by atoms with Gasteiger partial charge in [0.15, 0.2) is 0 Å². The molecule has 0 saturated heterocycles. The second kappa shape index (κ2) is 27.7. The van der Waals surface area contributed by atoms with E-state index in [1.807, 2.05) is 123 Å². The Kier molecular flexibility index (Phi) is 14.9. The molecule has 8 aliphatic rings. The van der Waals surface area contributed by atoms with Crippen molar-refractivity contribution < 1.29 is 0 Å². The van der Waals surface area contributed by atoms with E-state index < -0.39 is 0 Å². The molecule has 0 N–H and O–H groups in total. The Morgan fingerprint density at radius 1 is 0.171 bits per heavy atom. The summed E-state index contributed by atoms with van der Waals surface area (Å²) in [6.45, 7) is 0. The van der Waals surface area contributed by atoms with Crippen LogP contribution in [0.1, 0.15) is 89.0 Å². The quantitative estimate of drug-likeness (QED) is 0.132. The van der Waals surface area contributed by atoms with Crippen molar-refractivity contribution in [3.63, 3.8) is 0 Å². The minimum Gasteiger partial charge on any atom is -0.290 e. The second-order valence-electron chi connectivity index (χ2n) is 38.8. The number of imidazole rings is 4. The SMILES string of the molecule is c1ccc2c(c1)Cc1c-2ccc2c1-c1cc3c(cc1C2)c1nc2cnccc2n1c1cccnc31.c1ccc2c(c1)Cc1c-2ccc2c1Cc1cc3c(cc1-2)c1ncccc1n1c2ccncc2nc31.c1ccc2c(c1)Cc1cc3c(cc1-2)-c1cc2c(cc1C3)c1nc3cnccc3n1c1cccnc21.c1ccc2c(c1)Cc1ccc3c(c1-2)-c1cc2c(cc1C3)c1nc3cnccc3n1c1cccnc21. The maximum atomic E-state index is 5.03. The monoisotopic (exact) mass is 1780 g/mol. The van der Waals surface area contributed by atoms with Crippen molar-refractivity contribution in [3.05, 3.63) is 430 Å². The van der Waals surface area contributed by atoms with Gasteiger partial charge < -0.3 is 0 Å². The zero-order valence-electron chi connectivity index (χ0n) is 75.1. The zero-order chi connectivity index (χ0) is 90.7. The summed E-state index contributed by atoms with van der Waals surface area (Å²) in [6, 6.07) is 97.9. The average molecular weight is 1790 g/mol. The van der Waals surface area contributed by atoms with Crippen molar-refractivity contribution in [1.82, 2.24) is 77.4 Å². The Balaban J connectivity index is 0.0000000829. The summed E-state index contributed by atoms with van der Waals surface area (Å²) in [5, 5.41) is 9.24. The first-order valence-corrected chi connectivity index (χ1v) is 48.2. The first-order valence-electron chi connectivity index (χ1n) is 48.2. The molecule has 16 aromatic heterocycles. The van der Waals surface area contributed by atoms with E-state index in [1.54, 1.807) is 0 Å². The number of aromatic nitrogens is 16. The largest absolute Gasteiger partial charge is 0.290 e. The van der Waals surface area contributed by atoms with Crippen LogP contribution in [0.3, 0.4) is 0 Å². The van der Waals surface area contributed by atoms with Crippen LogP contribution in [0, 0.1) is 0 Å². The number of nitrogens with zero attached hydrogens (tertiary/aromatic N) is 16. The van der Waals surface area contributed by atoms with Crippen molar-refractivity contribution in [2.45, 2.75) is 51.4 Å². The highest BCUT2D eigenvalue weighted by molar-refractivity contribution is 6.20. The van der Waals surface area contributed by atoms with Crippen LogP contribution < -0.4 is 0 Å². The lowest BCUT2D eigenvalue weighted by atomic mass is 9.93. The number of rotatable bonds is 0. The predicted molar refractivity (Wildman–Crippen MR) is 559 cm³/mol. The minimum atomic E-state index is 0.906. The van der Waals surface area contributed by atoms with Crippen LogP contribution in [0.4, 0.5) is 0 Å². The molecule has 0 unspecified atom stereocenters. The molecule has 28 aromatic rings. The van der Waals surface area contributed by atoms with Gasteiger partial charge in [0.25, 0.3) is 0 Å². The Labute approximate surface area is 796 Å². The van der Waals surface area contributed by atoms with E-state index in [1.165, 1.54) is 178 Å². The van der Waals surface area contributed by atoms with Crippen molar-refractivity contribution in [3.8, 4) is 89.0 Å². The fraction of sp³-hybridized carbons (Fsp3) is 0.0645. The smallest absolute Gasteiger partial charge is 0.146 e. The second-order valence-corrected chi connectivity index (χ2v) is 38.8. The lowest BCUT2D eigenvalue weighted by Crippen LogP contribution is -1.94. The van der Waals surface area contributed by atoms with Crippen molar-refractivity contribution in [2.75, 3.05) is 0 Å². The van der Waals surface area contributed by atoms with Gasteiger partial charge in [-0.1, -0.05) is 140 Å². The molecule has 0 saturated carbocycles. The van der Waals surface area contributed by atoms with Gasteiger partial charge in [0.05, 0.1) is 91.0 Å². The third-order valence-corrected chi connectivity index (χ3v) is 31.8. The summed E-state index contributed by atoms with van der Waals surface area (Å²) < 4.78 is 8.96. The maximum absolute atomic E-state index is 5.03. The number of fused-ring (bicyclic) bond motifs is 59. The molecule has 16 heterocycles. The molecule has 36 rings (SSSR count). The van der Waals surface area contributed by atoms with Gasteiger partial charge in [0.2, 0.25) is 0 Å². The Morgan fingerprint density at radius 2 is 0.457 bits per heavy atom. The first-order chi connectivity index (χ1) is 69.4. The standard InChI is InChI=1S/4C31H18N4/c1-2-5-20-17(4-1)13-23-21(20)8-7-18-12-19-14-25-24(15-22(19)29(18)23)30-28(6-3-10-33-30)35-27-9-11-32-16-26(27)34-31(25)35;1-2-5-19-17(4-1)12-23-20(19)7-8-21-22-15-25-26(14-18(22)13-24(21)23)31-34-27-16-32-11-9-28(27)35(31)29-6-3-10-33-30(25)29;1-2-5-21-17(4-1)12-18-7-8-19-13-20-14-24-23(15-22(20)29(19)28(18)21)30-27(6-3-10-33-30)35-26-9-11-32-16-25(26)34-31(24)35;1-2-5-21-17(4-1)10-18-11-19-12-20-13-26-25(15-24(20)23(19)14-22(18)21)30-29(6-3-8-33-30)35-28-7-9-32-16-27(28)34-31(26)35/h3*1-11,14-16H,12-13H2;1-9,11,13-16H,10,12H2. The van der Waals surface area contributed by atoms with E-state index in [0.717, 1.165) is 205 Å². The maximum Gasteiger partial charge on any atom is 0.146 e. The highest BCUT2D eigenvalue weighted by atomic mass is 15.1. The molecule has 8 aliphatic carbocycles. The van der Waals surface area contributed by atoms with E-state index in [9.17, 15) is 0 Å². The van der Waals surface area contributed by atoms with Gasteiger partial charge in [-0.25, -0.2) is 19.9 Å². The number of hydrogen-bond donors (Lipinski definition) is 0. The Morgan fingerprint density at radius 3 is 0.914 bits per heavy atom. The summed E-state index contributed by atoms with van der Waals surface area (Å²) in [5.41, 5.74) is 65.0. The van der Waals surface area contributed by atoms with Gasteiger partial charge in [-0.15, -0.1) is 0 Å². The van der Waals surface area contributed by atoms with E-state index in [0.29, 0.717) is 0 Å². The van der Waals surface area contributed by atoms with E-state index in [-0.39, 0.29) is 0 Å². The Hall–Kier alpha value is -18.3. The van der Waals surface area contributed by atoms with E-state index >= 15 is 0 Å². The number of hydrogen-bond acceptors (Lipinski definition) is 12. The molecule has 16 heteroatoms. The third kappa shape index (κ3) is 10.3. The number of pyridine rings is 12. The van der Waals surface area contributed by atoms with Gasteiger partial charge in [-0.05, 0) is 357 Å². The van der Waals surface area contributed by atoms with Gasteiger partial charge in [0.1, 0.15) is 44.7 Å². The molecule has 0 spiro atoms. The Bertz CT molecular complexity index is 10700. The topological polar surface area (TPSA) is 172 Å². The lowest BCUT2D eigenvalue weighted by Gasteiger charge is -2.13. The van der Waals surface area contributed by atoms with Gasteiger partial charge in [-0.3, -0.25) is 57.5 Å². The molecular weight excluding hydrogens is 1710 g/mol. The lowest BCUT2D eigenvalue weighted by molar-refractivity contribution is 1.16. The molecule has 16 nitrogen and oxygen atoms in total. The summed E-state index contributed by atoms with van der Waals surface area (Å²) in [4.78, 5) is 56.8. The third-order valence-electron chi connectivity index (χ3n) is 31.8. The molecule has 0 fully saturated rings. The molecule has 0 bridgehead atoms. The van der Waals surface area contributed by atoms with Gasteiger partial charge >= 0.3 is 0 Å². The normalized spacial score (nSPS) is 13.5. The van der Waals surface area contributed by atoms with Gasteiger partial charge in [-0.2, -0.15) is 0 Å². The van der Waals surface area contributed by atoms with Gasteiger partial charge in [0, 0.05) is 92.7 Å². The van der Waals surface area contributed by atoms with Crippen molar-refractivity contribution in [1.29, 1.82) is 0 Å². The first kappa shape index (κ1) is 75.1. The molecular formula is C124H72N16. The summed E-state index contributed by atoms with van der Waals surface area (Å²) in [5.74, 6) is 0. The number of benzene rings is 12. The van der Waals surface area contributed by atoms with Crippen LogP contribution in [0.5, 0.6) is 0 Å². The molecule has 0 aliphatic heterocycles. The van der Waals surface area contributed by atoms with Crippen molar-refractivity contribution in [2.24, 2.45) is 0 Å². The van der Waals surface area contributed by atoms with Crippen LogP contribution >= 0.6 is 0 Å². The molecule has 140 heavy (non-hydrogen) atoms. The summed E-state index contributed by atoms with van der Waals surface area (Å²) >= 11 is 0. The zero-order valence-corrected chi connectivity index (χ0v) is 75.1. The summed E-state index contributed by atoms with van der Waals surface area (Å²) in [6.07, 6.45) is 30.2. The fourth-order valence-electron chi connectivity index (χ4n) is 25.9. The van der Waals surface area contributed by atoms with Crippen LogP contribution in [0.15, 0.2) is 341 Å². The fourth-order valence-corrected chi connectivity index (χ4v) is 25.9. The van der Waals surface area contributed by atoms with Crippen LogP contribution in [0.2, 0.25) is 0 Å².